The minimum atomic E-state index is -0.935. The van der Waals surface area contributed by atoms with E-state index in [1.54, 1.807) is 26.0 Å². The number of halogens is 1. The quantitative estimate of drug-likeness (QED) is 0.863. The molecule has 0 aliphatic rings. The first kappa shape index (κ1) is 15.3. The highest BCUT2D eigenvalue weighted by Crippen LogP contribution is 2.34. The van der Waals surface area contributed by atoms with Crippen LogP contribution in [0.25, 0.3) is 0 Å². The predicted octanol–water partition coefficient (Wildman–Crippen LogP) is 2.83. The van der Waals surface area contributed by atoms with Crippen molar-refractivity contribution in [2.24, 2.45) is 5.41 Å². The van der Waals surface area contributed by atoms with E-state index in [4.69, 9.17) is 14.6 Å². The summed E-state index contributed by atoms with van der Waals surface area (Å²) >= 11 is 0. The third kappa shape index (κ3) is 3.36. The van der Waals surface area contributed by atoms with Crippen molar-refractivity contribution >= 4 is 5.97 Å². The zero-order valence-corrected chi connectivity index (χ0v) is 11.6. The van der Waals surface area contributed by atoms with Crippen molar-refractivity contribution in [1.82, 2.24) is 0 Å². The van der Waals surface area contributed by atoms with E-state index >= 15 is 0 Å². The van der Waals surface area contributed by atoms with Crippen LogP contribution in [0.2, 0.25) is 0 Å². The lowest BCUT2D eigenvalue weighted by Gasteiger charge is -2.21. The predicted molar refractivity (Wildman–Crippen MR) is 69.5 cm³/mol. The van der Waals surface area contributed by atoms with Crippen molar-refractivity contribution in [2.75, 3.05) is 14.2 Å². The van der Waals surface area contributed by atoms with Crippen LogP contribution in [0, 0.1) is 5.41 Å². The van der Waals surface area contributed by atoms with Gasteiger partial charge < -0.3 is 14.6 Å². The van der Waals surface area contributed by atoms with Crippen LogP contribution in [-0.2, 0) is 17.9 Å². The molecule has 106 valence electrons. The molecule has 4 nitrogen and oxygen atoms in total. The number of hydrogen-bond acceptors (Lipinski definition) is 3. The third-order valence-corrected chi connectivity index (χ3v) is 3.04. The molecule has 0 amide bonds. The van der Waals surface area contributed by atoms with Gasteiger partial charge in [0, 0.05) is 5.56 Å². The van der Waals surface area contributed by atoms with Crippen molar-refractivity contribution in [2.45, 2.75) is 26.9 Å². The molecule has 0 heterocycles. The van der Waals surface area contributed by atoms with E-state index in [-0.39, 0.29) is 6.42 Å². The molecule has 0 atom stereocenters. The summed E-state index contributed by atoms with van der Waals surface area (Å²) in [5.41, 5.74) is 0.135. The summed E-state index contributed by atoms with van der Waals surface area (Å²) in [5.74, 6) is -0.0228. The van der Waals surface area contributed by atoms with Crippen LogP contribution in [0.4, 0.5) is 4.39 Å². The maximum atomic E-state index is 12.9. The largest absolute Gasteiger partial charge is 0.496 e. The third-order valence-electron chi connectivity index (χ3n) is 3.04. The normalized spacial score (nSPS) is 11.2. The van der Waals surface area contributed by atoms with Gasteiger partial charge in [-0.1, -0.05) is 0 Å². The minimum absolute atomic E-state index is 0.272. The molecular weight excluding hydrogens is 251 g/mol. The molecule has 1 N–H and O–H groups in total. The number of carboxylic acids is 1. The molecule has 1 rings (SSSR count). The number of alkyl halides is 1. The maximum Gasteiger partial charge on any atom is 0.309 e. The Kier molecular flexibility index (Phi) is 4.75. The monoisotopic (exact) mass is 270 g/mol. The molecule has 1 aromatic carbocycles. The van der Waals surface area contributed by atoms with Crippen LogP contribution in [0.1, 0.15) is 25.0 Å². The Morgan fingerprint density at radius 2 is 1.68 bits per heavy atom. The molecule has 19 heavy (non-hydrogen) atoms. The number of rotatable bonds is 6. The summed E-state index contributed by atoms with van der Waals surface area (Å²) in [5, 5.41) is 9.16. The fraction of sp³-hybridized carbons (Fsp3) is 0.500. The second-order valence-corrected chi connectivity index (χ2v) is 4.98. The van der Waals surface area contributed by atoms with Crippen molar-refractivity contribution in [1.29, 1.82) is 0 Å². The first-order chi connectivity index (χ1) is 8.85. The fourth-order valence-electron chi connectivity index (χ4n) is 1.82. The van der Waals surface area contributed by atoms with Crippen LogP contribution >= 0.6 is 0 Å². The van der Waals surface area contributed by atoms with E-state index in [1.807, 2.05) is 0 Å². The standard InChI is InChI=1S/C14H19FO4/c1-14(2,13(16)17)7-9-5-12(19-4)10(8-15)6-11(9)18-3/h5-6H,7-8H2,1-4H3,(H,16,17). The van der Waals surface area contributed by atoms with Crippen LogP contribution in [0.3, 0.4) is 0 Å². The number of methoxy groups -OCH3 is 2. The van der Waals surface area contributed by atoms with Crippen LogP contribution < -0.4 is 9.47 Å². The van der Waals surface area contributed by atoms with E-state index in [0.717, 1.165) is 0 Å². The smallest absolute Gasteiger partial charge is 0.309 e. The van der Waals surface area contributed by atoms with Crippen LogP contribution in [-0.4, -0.2) is 25.3 Å². The average molecular weight is 270 g/mol. The molecule has 0 saturated heterocycles. The average Bonchev–Trinajstić information content (AvgIpc) is 2.37. The van der Waals surface area contributed by atoms with Gasteiger partial charge in [-0.3, -0.25) is 4.79 Å². The summed E-state index contributed by atoms with van der Waals surface area (Å²) < 4.78 is 23.2. The van der Waals surface area contributed by atoms with Crippen molar-refractivity contribution < 1.29 is 23.8 Å². The lowest BCUT2D eigenvalue weighted by Crippen LogP contribution is -2.26. The number of carboxylic acid groups (broad SMARTS) is 1. The van der Waals surface area contributed by atoms with Gasteiger partial charge in [-0.2, -0.15) is 0 Å². The van der Waals surface area contributed by atoms with E-state index in [9.17, 15) is 9.18 Å². The summed E-state index contributed by atoms with van der Waals surface area (Å²) in [4.78, 5) is 11.2. The number of hydrogen-bond donors (Lipinski definition) is 1. The zero-order chi connectivity index (χ0) is 14.6. The molecule has 5 heteroatoms. The van der Waals surface area contributed by atoms with Gasteiger partial charge >= 0.3 is 5.97 Å². The first-order valence-corrected chi connectivity index (χ1v) is 5.89. The van der Waals surface area contributed by atoms with Crippen molar-refractivity contribution in [3.8, 4) is 11.5 Å². The zero-order valence-electron chi connectivity index (χ0n) is 11.6. The van der Waals surface area contributed by atoms with Gasteiger partial charge in [0.05, 0.1) is 19.6 Å². The van der Waals surface area contributed by atoms with E-state index in [1.165, 1.54) is 14.2 Å². The summed E-state index contributed by atoms with van der Waals surface area (Å²) in [6.07, 6.45) is 0.272. The van der Waals surface area contributed by atoms with Gasteiger partial charge in [0.15, 0.2) is 0 Å². The number of carbonyl (C=O) groups is 1. The summed E-state index contributed by atoms with van der Waals surface area (Å²) in [6.45, 7) is 2.59. The molecule has 0 spiro atoms. The Morgan fingerprint density at radius 1 is 1.21 bits per heavy atom. The second-order valence-electron chi connectivity index (χ2n) is 4.98. The molecule has 0 saturated carbocycles. The van der Waals surface area contributed by atoms with Crippen molar-refractivity contribution in [3.63, 3.8) is 0 Å². The summed E-state index contributed by atoms with van der Waals surface area (Å²) in [6, 6.07) is 3.19. The molecule has 0 fully saturated rings. The first-order valence-electron chi connectivity index (χ1n) is 5.89. The summed E-state index contributed by atoms with van der Waals surface area (Å²) in [7, 11) is 2.92. The highest BCUT2D eigenvalue weighted by Gasteiger charge is 2.29. The maximum absolute atomic E-state index is 12.9. The molecule has 0 aliphatic carbocycles. The Morgan fingerprint density at radius 3 is 2.11 bits per heavy atom. The van der Waals surface area contributed by atoms with Gasteiger partial charge in [0.2, 0.25) is 0 Å². The Bertz CT molecular complexity index is 469. The molecule has 0 aromatic heterocycles. The minimum Gasteiger partial charge on any atom is -0.496 e. The molecule has 0 aliphatic heterocycles. The SMILES string of the molecule is COc1cc(CC(C)(C)C(=O)O)c(OC)cc1CF. The Balaban J connectivity index is 3.23. The van der Waals surface area contributed by atoms with Gasteiger partial charge in [0.25, 0.3) is 0 Å². The highest BCUT2D eigenvalue weighted by atomic mass is 19.1. The van der Waals surface area contributed by atoms with Crippen LogP contribution in [0.5, 0.6) is 11.5 Å². The second kappa shape index (κ2) is 5.91. The van der Waals surface area contributed by atoms with Gasteiger partial charge in [0.1, 0.15) is 18.2 Å². The van der Waals surface area contributed by atoms with Crippen LogP contribution in [0.15, 0.2) is 12.1 Å². The lowest BCUT2D eigenvalue weighted by atomic mass is 9.85. The molecule has 0 radical (unpaired) electrons. The fourth-order valence-corrected chi connectivity index (χ4v) is 1.82. The Hall–Kier alpha value is -1.78. The van der Waals surface area contributed by atoms with Gasteiger partial charge in [-0.25, -0.2) is 4.39 Å². The molecular formula is C14H19FO4. The van der Waals surface area contributed by atoms with Gasteiger partial charge in [-0.05, 0) is 38.0 Å². The van der Waals surface area contributed by atoms with Gasteiger partial charge in [-0.15, -0.1) is 0 Å². The molecule has 0 unspecified atom stereocenters. The van der Waals surface area contributed by atoms with E-state index < -0.39 is 18.1 Å². The highest BCUT2D eigenvalue weighted by molar-refractivity contribution is 5.74. The topological polar surface area (TPSA) is 55.8 Å². The number of ether oxygens (including phenoxy) is 2. The van der Waals surface area contributed by atoms with Crippen molar-refractivity contribution in [3.05, 3.63) is 23.3 Å². The Labute approximate surface area is 112 Å². The van der Waals surface area contributed by atoms with E-state index in [0.29, 0.717) is 22.6 Å². The molecule has 0 bridgehead atoms. The lowest BCUT2D eigenvalue weighted by molar-refractivity contribution is -0.146. The number of aliphatic carboxylic acids is 1. The number of benzene rings is 1. The van der Waals surface area contributed by atoms with E-state index in [2.05, 4.69) is 0 Å². The molecule has 1 aromatic rings.